The van der Waals surface area contributed by atoms with Crippen molar-refractivity contribution in [1.29, 1.82) is 0 Å². The molecule has 0 bridgehead atoms. The van der Waals surface area contributed by atoms with E-state index in [2.05, 4.69) is 30.2 Å². The Kier molecular flexibility index (Phi) is 9.01. The largest absolute Gasteiger partial charge is 0.480 e. The number of carbonyl (C=O) groups is 1. The summed E-state index contributed by atoms with van der Waals surface area (Å²) in [6, 6.07) is 20.3. The van der Waals surface area contributed by atoms with Crippen LogP contribution < -0.4 is 10.0 Å². The van der Waals surface area contributed by atoms with E-state index in [1.165, 1.54) is 24.5 Å². The molecule has 3 aromatic heterocycles. The average molecular weight is 527 g/mol. The second-order valence-electron chi connectivity index (χ2n) is 7.54. The number of nitrogens with zero attached hydrogens (tertiary/aromatic N) is 4. The maximum atomic E-state index is 13.0. The summed E-state index contributed by atoms with van der Waals surface area (Å²) in [6.45, 7) is -0.324. The minimum atomic E-state index is -3.93. The molecule has 1 atom stereocenters. The monoisotopic (exact) mass is 526 g/mol. The standard InChI is InChI=1S/C24H22N6O4S.ClH/c31-24(32)16-26-23-10-4-9-21(27-23)22(30-35(33,34)19-8-5-13-25-15-19)14-18-11-12-20(29-28-18)17-6-2-1-3-7-17;/h1-13,15,22,30H,14,16H2,(H,26,27)(H,31,32);1H. The Morgan fingerprint density at radius 1 is 0.944 bits per heavy atom. The van der Waals surface area contributed by atoms with Crippen molar-refractivity contribution < 1.29 is 18.3 Å². The molecule has 4 rings (SSSR count). The number of benzene rings is 1. The van der Waals surface area contributed by atoms with Crippen LogP contribution in [0.2, 0.25) is 0 Å². The van der Waals surface area contributed by atoms with Gasteiger partial charge in [0.05, 0.1) is 23.1 Å². The van der Waals surface area contributed by atoms with Gasteiger partial charge in [0.2, 0.25) is 10.0 Å². The van der Waals surface area contributed by atoms with E-state index in [1.807, 2.05) is 36.4 Å². The summed E-state index contributed by atoms with van der Waals surface area (Å²) in [4.78, 5) is 19.2. The number of halogens is 1. The first-order valence-corrected chi connectivity index (χ1v) is 12.1. The lowest BCUT2D eigenvalue weighted by Gasteiger charge is -2.19. The highest BCUT2D eigenvalue weighted by molar-refractivity contribution is 7.89. The summed E-state index contributed by atoms with van der Waals surface area (Å²) in [5, 5.41) is 20.2. The molecular formula is C24H23ClN6O4S. The molecule has 0 fully saturated rings. The summed E-state index contributed by atoms with van der Waals surface area (Å²) >= 11 is 0. The van der Waals surface area contributed by atoms with Crippen LogP contribution in [0.3, 0.4) is 0 Å². The maximum absolute atomic E-state index is 13.0. The molecule has 0 radical (unpaired) electrons. The van der Waals surface area contributed by atoms with Crippen molar-refractivity contribution in [2.45, 2.75) is 17.4 Å². The molecule has 0 spiro atoms. The van der Waals surface area contributed by atoms with Gasteiger partial charge in [0.1, 0.15) is 17.3 Å². The summed E-state index contributed by atoms with van der Waals surface area (Å²) in [7, 11) is -3.93. The fraction of sp³-hybridized carbons (Fsp3) is 0.125. The van der Waals surface area contributed by atoms with Crippen molar-refractivity contribution in [2.75, 3.05) is 11.9 Å². The van der Waals surface area contributed by atoms with Gasteiger partial charge in [0.25, 0.3) is 0 Å². The lowest BCUT2D eigenvalue weighted by Crippen LogP contribution is -2.31. The minimum Gasteiger partial charge on any atom is -0.480 e. The number of sulfonamides is 1. The van der Waals surface area contributed by atoms with E-state index in [9.17, 15) is 13.2 Å². The molecule has 0 amide bonds. The van der Waals surface area contributed by atoms with E-state index in [0.29, 0.717) is 22.9 Å². The second kappa shape index (κ2) is 12.2. The summed E-state index contributed by atoms with van der Waals surface area (Å²) in [5.74, 6) is -0.735. The summed E-state index contributed by atoms with van der Waals surface area (Å²) in [5.41, 5.74) is 2.55. The summed E-state index contributed by atoms with van der Waals surface area (Å²) in [6.07, 6.45) is 2.91. The Bertz CT molecular complexity index is 1390. The first kappa shape index (κ1) is 26.7. The zero-order chi connectivity index (χ0) is 24.7. The normalized spacial score (nSPS) is 11.8. The Labute approximate surface area is 214 Å². The molecule has 4 aromatic rings. The van der Waals surface area contributed by atoms with E-state index < -0.39 is 22.0 Å². The lowest BCUT2D eigenvalue weighted by atomic mass is 10.1. The molecule has 186 valence electrons. The van der Waals surface area contributed by atoms with Crippen LogP contribution in [0.15, 0.2) is 90.1 Å². The quantitative estimate of drug-likeness (QED) is 0.283. The van der Waals surface area contributed by atoms with E-state index in [4.69, 9.17) is 5.11 Å². The number of carboxylic acid groups (broad SMARTS) is 1. The predicted octanol–water partition coefficient (Wildman–Crippen LogP) is 3.11. The van der Waals surface area contributed by atoms with Crippen molar-refractivity contribution >= 4 is 34.2 Å². The number of pyridine rings is 2. The third kappa shape index (κ3) is 7.04. The molecular weight excluding hydrogens is 504 g/mol. The molecule has 3 heterocycles. The molecule has 12 heteroatoms. The number of anilines is 1. The zero-order valence-corrected chi connectivity index (χ0v) is 20.5. The molecule has 3 N–H and O–H groups in total. The number of aliphatic carboxylic acids is 1. The molecule has 0 saturated heterocycles. The highest BCUT2D eigenvalue weighted by Gasteiger charge is 2.24. The minimum absolute atomic E-state index is 0. The van der Waals surface area contributed by atoms with E-state index in [0.717, 1.165) is 5.56 Å². The van der Waals surface area contributed by atoms with Crippen LogP contribution in [-0.4, -0.2) is 46.2 Å². The Morgan fingerprint density at radius 3 is 2.42 bits per heavy atom. The fourth-order valence-corrected chi connectivity index (χ4v) is 4.49. The molecule has 10 nitrogen and oxygen atoms in total. The van der Waals surface area contributed by atoms with Gasteiger partial charge in [-0.2, -0.15) is 10.2 Å². The topological polar surface area (TPSA) is 147 Å². The lowest BCUT2D eigenvalue weighted by molar-refractivity contribution is -0.134. The number of carboxylic acids is 1. The van der Waals surface area contributed by atoms with E-state index in [1.54, 1.807) is 24.3 Å². The van der Waals surface area contributed by atoms with E-state index >= 15 is 0 Å². The van der Waals surface area contributed by atoms with Crippen LogP contribution in [-0.2, 0) is 21.2 Å². The van der Waals surface area contributed by atoms with Crippen LogP contribution in [0.1, 0.15) is 17.4 Å². The van der Waals surface area contributed by atoms with Crippen molar-refractivity contribution in [1.82, 2.24) is 24.9 Å². The Morgan fingerprint density at radius 2 is 1.75 bits per heavy atom. The van der Waals surface area contributed by atoms with Crippen molar-refractivity contribution in [2.24, 2.45) is 0 Å². The van der Waals surface area contributed by atoms with Crippen LogP contribution in [0, 0.1) is 0 Å². The van der Waals surface area contributed by atoms with Crippen LogP contribution in [0.5, 0.6) is 0 Å². The molecule has 36 heavy (non-hydrogen) atoms. The molecule has 0 aliphatic heterocycles. The highest BCUT2D eigenvalue weighted by atomic mass is 35.5. The van der Waals surface area contributed by atoms with Gasteiger partial charge < -0.3 is 10.4 Å². The molecule has 0 aliphatic carbocycles. The van der Waals surface area contributed by atoms with Gasteiger partial charge in [-0.3, -0.25) is 9.78 Å². The van der Waals surface area contributed by atoms with Gasteiger partial charge in [-0.25, -0.2) is 18.1 Å². The number of hydrogen-bond acceptors (Lipinski definition) is 8. The van der Waals surface area contributed by atoms with Gasteiger partial charge in [-0.1, -0.05) is 36.4 Å². The van der Waals surface area contributed by atoms with Crippen LogP contribution in [0.4, 0.5) is 5.82 Å². The smallest absolute Gasteiger partial charge is 0.322 e. The number of nitrogens with one attached hydrogen (secondary N) is 2. The van der Waals surface area contributed by atoms with Crippen molar-refractivity contribution in [3.8, 4) is 11.3 Å². The predicted molar refractivity (Wildman–Crippen MR) is 136 cm³/mol. The fourth-order valence-electron chi connectivity index (χ4n) is 3.32. The first-order valence-electron chi connectivity index (χ1n) is 10.6. The summed E-state index contributed by atoms with van der Waals surface area (Å²) < 4.78 is 28.7. The third-order valence-corrected chi connectivity index (χ3v) is 6.45. The van der Waals surface area contributed by atoms with Crippen LogP contribution >= 0.6 is 12.4 Å². The number of aromatic nitrogens is 4. The second-order valence-corrected chi connectivity index (χ2v) is 9.25. The van der Waals surface area contributed by atoms with Gasteiger partial charge in [0.15, 0.2) is 0 Å². The molecule has 0 aliphatic rings. The van der Waals surface area contributed by atoms with Gasteiger partial charge in [-0.05, 0) is 36.4 Å². The SMILES string of the molecule is Cl.O=C(O)CNc1cccc(C(Cc2ccc(-c3ccccc3)nn2)NS(=O)(=O)c2cccnc2)n1. The Balaban J connectivity index is 0.00000361. The zero-order valence-electron chi connectivity index (χ0n) is 18.9. The van der Waals surface area contributed by atoms with E-state index in [-0.39, 0.29) is 30.3 Å². The van der Waals surface area contributed by atoms with Gasteiger partial charge >= 0.3 is 5.97 Å². The first-order chi connectivity index (χ1) is 16.9. The average Bonchev–Trinajstić information content (AvgIpc) is 2.89. The highest BCUT2D eigenvalue weighted by Crippen LogP contribution is 2.22. The molecule has 1 aromatic carbocycles. The van der Waals surface area contributed by atoms with Gasteiger partial charge in [0, 0.05) is 24.4 Å². The number of hydrogen-bond donors (Lipinski definition) is 3. The Hall–Kier alpha value is -3.93. The molecule has 1 unspecified atom stereocenters. The van der Waals surface area contributed by atoms with Gasteiger partial charge in [-0.15, -0.1) is 12.4 Å². The molecule has 0 saturated carbocycles. The van der Waals surface area contributed by atoms with Crippen molar-refractivity contribution in [3.63, 3.8) is 0 Å². The van der Waals surface area contributed by atoms with Crippen LogP contribution in [0.25, 0.3) is 11.3 Å². The maximum Gasteiger partial charge on any atom is 0.322 e. The van der Waals surface area contributed by atoms with Crippen molar-refractivity contribution in [3.05, 3.63) is 96.6 Å². The third-order valence-electron chi connectivity index (χ3n) is 4.99. The number of rotatable bonds is 10.